The van der Waals surface area contributed by atoms with E-state index in [-0.39, 0.29) is 0 Å². The molecule has 0 saturated heterocycles. The SMILES string of the molecule is COc1cc2nncc(Nc3cccc(Br)c3)c2cc1OC. The van der Waals surface area contributed by atoms with E-state index in [2.05, 4.69) is 31.4 Å². The maximum Gasteiger partial charge on any atom is 0.162 e. The summed E-state index contributed by atoms with van der Waals surface area (Å²) in [6.07, 6.45) is 1.69. The van der Waals surface area contributed by atoms with Crippen LogP contribution in [0.4, 0.5) is 11.4 Å². The molecule has 1 aromatic heterocycles. The molecule has 1 heterocycles. The smallest absolute Gasteiger partial charge is 0.162 e. The van der Waals surface area contributed by atoms with Gasteiger partial charge in [0.25, 0.3) is 0 Å². The third kappa shape index (κ3) is 2.82. The Hall–Kier alpha value is -2.34. The fraction of sp³-hybridized carbons (Fsp3) is 0.125. The summed E-state index contributed by atoms with van der Waals surface area (Å²) in [6, 6.07) is 11.6. The summed E-state index contributed by atoms with van der Waals surface area (Å²) < 4.78 is 11.7. The first-order valence-electron chi connectivity index (χ1n) is 6.61. The lowest BCUT2D eigenvalue weighted by atomic mass is 10.1. The second kappa shape index (κ2) is 6.19. The monoisotopic (exact) mass is 359 g/mol. The third-order valence-electron chi connectivity index (χ3n) is 3.25. The zero-order chi connectivity index (χ0) is 15.5. The number of ether oxygens (including phenoxy) is 2. The number of aromatic nitrogens is 2. The summed E-state index contributed by atoms with van der Waals surface area (Å²) in [5.41, 5.74) is 2.54. The molecule has 0 aliphatic rings. The lowest BCUT2D eigenvalue weighted by Crippen LogP contribution is -1.97. The molecule has 22 heavy (non-hydrogen) atoms. The summed E-state index contributed by atoms with van der Waals surface area (Å²) >= 11 is 3.46. The fourth-order valence-electron chi connectivity index (χ4n) is 2.21. The minimum Gasteiger partial charge on any atom is -0.493 e. The van der Waals surface area contributed by atoms with Gasteiger partial charge >= 0.3 is 0 Å². The number of fused-ring (bicyclic) bond motifs is 1. The predicted molar refractivity (Wildman–Crippen MR) is 90.1 cm³/mol. The molecule has 0 bridgehead atoms. The first-order chi connectivity index (χ1) is 10.7. The lowest BCUT2D eigenvalue weighted by molar-refractivity contribution is 0.356. The van der Waals surface area contributed by atoms with Gasteiger partial charge in [0.05, 0.1) is 31.6 Å². The van der Waals surface area contributed by atoms with E-state index in [1.54, 1.807) is 20.4 Å². The summed E-state index contributed by atoms with van der Waals surface area (Å²) in [6.45, 7) is 0. The summed E-state index contributed by atoms with van der Waals surface area (Å²) in [4.78, 5) is 0. The van der Waals surface area contributed by atoms with Crippen molar-refractivity contribution < 1.29 is 9.47 Å². The van der Waals surface area contributed by atoms with E-state index in [1.165, 1.54) is 0 Å². The van der Waals surface area contributed by atoms with Crippen molar-refractivity contribution in [2.75, 3.05) is 19.5 Å². The van der Waals surface area contributed by atoms with Crippen molar-refractivity contribution in [1.82, 2.24) is 10.2 Å². The predicted octanol–water partition coefficient (Wildman–Crippen LogP) is 4.15. The Morgan fingerprint density at radius 3 is 2.55 bits per heavy atom. The molecule has 0 unspecified atom stereocenters. The second-order valence-corrected chi connectivity index (χ2v) is 5.53. The molecule has 0 atom stereocenters. The van der Waals surface area contributed by atoms with Gasteiger partial charge in [-0.1, -0.05) is 22.0 Å². The average molecular weight is 360 g/mol. The van der Waals surface area contributed by atoms with Crippen LogP contribution < -0.4 is 14.8 Å². The summed E-state index contributed by atoms with van der Waals surface area (Å²) in [5.74, 6) is 1.28. The van der Waals surface area contributed by atoms with Gasteiger partial charge in [-0.3, -0.25) is 0 Å². The fourth-order valence-corrected chi connectivity index (χ4v) is 2.61. The molecule has 1 N–H and O–H groups in total. The summed E-state index contributed by atoms with van der Waals surface area (Å²) in [7, 11) is 3.21. The molecule has 0 amide bonds. The van der Waals surface area contributed by atoms with Gasteiger partial charge < -0.3 is 14.8 Å². The Bertz CT molecular complexity index is 824. The first kappa shape index (κ1) is 14.6. The maximum atomic E-state index is 5.36. The van der Waals surface area contributed by atoms with E-state index >= 15 is 0 Å². The van der Waals surface area contributed by atoms with Gasteiger partial charge in [0.1, 0.15) is 0 Å². The standard InChI is InChI=1S/C16H14BrN3O2/c1-21-15-7-12-13(8-16(15)22-2)20-18-9-14(12)19-11-5-3-4-10(17)6-11/h3-9H,1-2H3,(H,19,20). The quantitative estimate of drug-likeness (QED) is 0.757. The van der Waals surface area contributed by atoms with Crippen molar-refractivity contribution >= 4 is 38.2 Å². The minimum atomic E-state index is 0.629. The van der Waals surface area contributed by atoms with E-state index in [1.807, 2.05) is 36.4 Å². The van der Waals surface area contributed by atoms with Crippen molar-refractivity contribution in [2.45, 2.75) is 0 Å². The number of nitrogens with zero attached hydrogens (tertiary/aromatic N) is 2. The van der Waals surface area contributed by atoms with Crippen LogP contribution in [-0.2, 0) is 0 Å². The molecule has 0 aliphatic carbocycles. The second-order valence-electron chi connectivity index (χ2n) is 4.62. The van der Waals surface area contributed by atoms with Crippen LogP contribution in [0.5, 0.6) is 11.5 Å². The third-order valence-corrected chi connectivity index (χ3v) is 3.74. The molecule has 2 aromatic carbocycles. The van der Waals surface area contributed by atoms with Crippen LogP contribution in [0.15, 0.2) is 47.1 Å². The van der Waals surface area contributed by atoms with E-state index in [0.717, 1.165) is 26.8 Å². The number of hydrogen-bond donors (Lipinski definition) is 1. The number of rotatable bonds is 4. The maximum absolute atomic E-state index is 5.36. The Morgan fingerprint density at radius 1 is 1.05 bits per heavy atom. The minimum absolute atomic E-state index is 0.629. The Labute approximate surface area is 136 Å². The van der Waals surface area contributed by atoms with Crippen molar-refractivity contribution in [2.24, 2.45) is 0 Å². The number of hydrogen-bond acceptors (Lipinski definition) is 5. The molecular formula is C16H14BrN3O2. The van der Waals surface area contributed by atoms with Crippen LogP contribution in [0.1, 0.15) is 0 Å². The van der Waals surface area contributed by atoms with E-state index < -0.39 is 0 Å². The van der Waals surface area contributed by atoms with Gasteiger partial charge in [-0.05, 0) is 24.3 Å². The topological polar surface area (TPSA) is 56.3 Å². The molecular weight excluding hydrogens is 346 g/mol. The Kier molecular flexibility index (Phi) is 4.11. The molecule has 0 fully saturated rings. The van der Waals surface area contributed by atoms with Crippen LogP contribution in [0.3, 0.4) is 0 Å². The van der Waals surface area contributed by atoms with E-state index in [0.29, 0.717) is 11.5 Å². The molecule has 0 saturated carbocycles. The van der Waals surface area contributed by atoms with Gasteiger partial charge in [0, 0.05) is 21.6 Å². The van der Waals surface area contributed by atoms with Crippen LogP contribution in [0.2, 0.25) is 0 Å². The number of halogens is 1. The van der Waals surface area contributed by atoms with Crippen molar-refractivity contribution in [3.05, 3.63) is 47.1 Å². The van der Waals surface area contributed by atoms with Crippen molar-refractivity contribution in [1.29, 1.82) is 0 Å². The van der Waals surface area contributed by atoms with Gasteiger partial charge in [-0.25, -0.2) is 0 Å². The van der Waals surface area contributed by atoms with Crippen LogP contribution in [-0.4, -0.2) is 24.4 Å². The zero-order valence-corrected chi connectivity index (χ0v) is 13.7. The van der Waals surface area contributed by atoms with Crippen molar-refractivity contribution in [3.8, 4) is 11.5 Å². The highest BCUT2D eigenvalue weighted by molar-refractivity contribution is 9.10. The van der Waals surface area contributed by atoms with Gasteiger partial charge in [0.2, 0.25) is 0 Å². The summed E-state index contributed by atoms with van der Waals surface area (Å²) in [5, 5.41) is 12.4. The van der Waals surface area contributed by atoms with E-state index in [4.69, 9.17) is 9.47 Å². The molecule has 0 aliphatic heterocycles. The molecule has 0 radical (unpaired) electrons. The highest BCUT2D eigenvalue weighted by Gasteiger charge is 2.10. The van der Waals surface area contributed by atoms with Crippen LogP contribution in [0, 0.1) is 0 Å². The number of anilines is 2. The van der Waals surface area contributed by atoms with Gasteiger partial charge in [0.15, 0.2) is 11.5 Å². The Morgan fingerprint density at radius 2 is 1.82 bits per heavy atom. The highest BCUT2D eigenvalue weighted by atomic mass is 79.9. The van der Waals surface area contributed by atoms with E-state index in [9.17, 15) is 0 Å². The van der Waals surface area contributed by atoms with Gasteiger partial charge in [-0.15, -0.1) is 0 Å². The molecule has 6 heteroatoms. The Balaban J connectivity index is 2.09. The molecule has 3 rings (SSSR count). The first-order valence-corrected chi connectivity index (χ1v) is 7.40. The zero-order valence-electron chi connectivity index (χ0n) is 12.1. The molecule has 3 aromatic rings. The van der Waals surface area contributed by atoms with Crippen molar-refractivity contribution in [3.63, 3.8) is 0 Å². The highest BCUT2D eigenvalue weighted by Crippen LogP contribution is 2.35. The van der Waals surface area contributed by atoms with Crippen LogP contribution >= 0.6 is 15.9 Å². The lowest BCUT2D eigenvalue weighted by Gasteiger charge is -2.12. The van der Waals surface area contributed by atoms with Crippen LogP contribution in [0.25, 0.3) is 10.9 Å². The average Bonchev–Trinajstić information content (AvgIpc) is 2.54. The number of benzene rings is 2. The molecule has 112 valence electrons. The molecule has 5 nitrogen and oxygen atoms in total. The number of methoxy groups -OCH3 is 2. The number of nitrogens with one attached hydrogen (secondary N) is 1. The molecule has 0 spiro atoms. The largest absolute Gasteiger partial charge is 0.493 e. The van der Waals surface area contributed by atoms with Gasteiger partial charge in [-0.2, -0.15) is 10.2 Å². The normalized spacial score (nSPS) is 10.5.